The zero-order valence-electron chi connectivity index (χ0n) is 9.75. The summed E-state index contributed by atoms with van der Waals surface area (Å²) in [5, 5.41) is 3.03. The highest BCUT2D eigenvalue weighted by Gasteiger charge is 2.18. The molecule has 0 N–H and O–H groups in total. The Hall–Kier alpha value is -1.46. The molecule has 1 atom stereocenters. The summed E-state index contributed by atoms with van der Waals surface area (Å²) in [6.07, 6.45) is 5.35. The third-order valence-corrected chi connectivity index (χ3v) is 4.07. The zero-order chi connectivity index (χ0) is 12.5. The first-order valence-electron chi connectivity index (χ1n) is 5.57. The number of alkyl halides is 1. The van der Waals surface area contributed by atoms with Crippen LogP contribution in [0.25, 0.3) is 11.0 Å². The Morgan fingerprint density at radius 2 is 2.33 bits per heavy atom. The SMILES string of the molecule is CC(c1nccs1)n1c(CCl)nc2cnccc21. The Balaban J connectivity index is 2.20. The summed E-state index contributed by atoms with van der Waals surface area (Å²) < 4.78 is 2.13. The van der Waals surface area contributed by atoms with Gasteiger partial charge >= 0.3 is 0 Å². The Morgan fingerprint density at radius 1 is 1.44 bits per heavy atom. The molecule has 0 bridgehead atoms. The first kappa shape index (κ1) is 11.6. The third kappa shape index (κ3) is 1.79. The van der Waals surface area contributed by atoms with Crippen molar-refractivity contribution < 1.29 is 0 Å². The second-order valence-corrected chi connectivity index (χ2v) is 5.14. The molecule has 0 aliphatic carbocycles. The fourth-order valence-electron chi connectivity index (χ4n) is 2.08. The van der Waals surface area contributed by atoms with Crippen molar-refractivity contribution >= 4 is 34.0 Å². The lowest BCUT2D eigenvalue weighted by molar-refractivity contribution is 0.630. The van der Waals surface area contributed by atoms with Gasteiger partial charge in [0.25, 0.3) is 0 Å². The van der Waals surface area contributed by atoms with E-state index < -0.39 is 0 Å². The molecule has 0 aromatic carbocycles. The van der Waals surface area contributed by atoms with Crippen LogP contribution in [0.2, 0.25) is 0 Å². The number of fused-ring (bicyclic) bond motifs is 1. The molecule has 0 amide bonds. The van der Waals surface area contributed by atoms with Crippen LogP contribution in [-0.4, -0.2) is 19.5 Å². The number of halogens is 1. The first-order valence-corrected chi connectivity index (χ1v) is 6.99. The van der Waals surface area contributed by atoms with Crippen molar-refractivity contribution in [2.24, 2.45) is 0 Å². The second kappa shape index (κ2) is 4.66. The molecule has 0 radical (unpaired) electrons. The number of nitrogens with zero attached hydrogens (tertiary/aromatic N) is 4. The van der Waals surface area contributed by atoms with E-state index in [1.165, 1.54) is 0 Å². The van der Waals surface area contributed by atoms with Crippen LogP contribution in [-0.2, 0) is 5.88 Å². The van der Waals surface area contributed by atoms with E-state index in [1.807, 2.05) is 17.6 Å². The van der Waals surface area contributed by atoms with Crippen molar-refractivity contribution in [2.45, 2.75) is 18.8 Å². The van der Waals surface area contributed by atoms with Crippen LogP contribution < -0.4 is 0 Å². The van der Waals surface area contributed by atoms with E-state index in [2.05, 4.69) is 26.4 Å². The number of rotatable bonds is 3. The topological polar surface area (TPSA) is 43.6 Å². The van der Waals surface area contributed by atoms with Gasteiger partial charge in [-0.15, -0.1) is 22.9 Å². The van der Waals surface area contributed by atoms with Gasteiger partial charge < -0.3 is 4.57 Å². The molecular weight excluding hydrogens is 268 g/mol. The van der Waals surface area contributed by atoms with Crippen LogP contribution in [0, 0.1) is 0 Å². The highest BCUT2D eigenvalue weighted by atomic mass is 35.5. The Bertz CT molecular complexity index is 662. The summed E-state index contributed by atoms with van der Waals surface area (Å²) in [6.45, 7) is 2.11. The van der Waals surface area contributed by atoms with E-state index in [9.17, 15) is 0 Å². The molecule has 4 nitrogen and oxygen atoms in total. The summed E-state index contributed by atoms with van der Waals surface area (Å²) in [5.74, 6) is 1.23. The van der Waals surface area contributed by atoms with Crippen LogP contribution in [0.3, 0.4) is 0 Å². The minimum absolute atomic E-state index is 0.131. The summed E-state index contributed by atoms with van der Waals surface area (Å²) in [4.78, 5) is 13.0. The molecule has 0 aliphatic heterocycles. The van der Waals surface area contributed by atoms with Gasteiger partial charge in [0.05, 0.1) is 23.6 Å². The van der Waals surface area contributed by atoms with Crippen molar-refractivity contribution in [3.05, 3.63) is 40.9 Å². The van der Waals surface area contributed by atoms with Crippen LogP contribution in [0.5, 0.6) is 0 Å². The van der Waals surface area contributed by atoms with Crippen molar-refractivity contribution in [3.8, 4) is 0 Å². The molecule has 0 aliphatic rings. The second-order valence-electron chi connectivity index (χ2n) is 3.94. The van der Waals surface area contributed by atoms with Gasteiger partial charge in [-0.05, 0) is 13.0 Å². The number of hydrogen-bond donors (Lipinski definition) is 0. The van der Waals surface area contributed by atoms with Crippen molar-refractivity contribution in [2.75, 3.05) is 0 Å². The van der Waals surface area contributed by atoms with Gasteiger partial charge in [0.2, 0.25) is 0 Å². The zero-order valence-corrected chi connectivity index (χ0v) is 11.3. The predicted molar refractivity (Wildman–Crippen MR) is 73.0 cm³/mol. The fourth-order valence-corrected chi connectivity index (χ4v) is 2.95. The van der Waals surface area contributed by atoms with Gasteiger partial charge in [-0.1, -0.05) is 0 Å². The Kier molecular flexibility index (Phi) is 3.01. The monoisotopic (exact) mass is 278 g/mol. The van der Waals surface area contributed by atoms with Crippen molar-refractivity contribution in [1.29, 1.82) is 0 Å². The minimum atomic E-state index is 0.131. The van der Waals surface area contributed by atoms with Crippen molar-refractivity contribution in [1.82, 2.24) is 19.5 Å². The maximum atomic E-state index is 5.99. The number of aromatic nitrogens is 4. The van der Waals surface area contributed by atoms with Gasteiger partial charge in [0.15, 0.2) is 0 Å². The van der Waals surface area contributed by atoms with Gasteiger partial charge in [-0.25, -0.2) is 9.97 Å². The smallest absolute Gasteiger partial charge is 0.125 e. The first-order chi connectivity index (χ1) is 8.81. The lowest BCUT2D eigenvalue weighted by Gasteiger charge is -2.14. The molecule has 3 aromatic heterocycles. The number of pyridine rings is 1. The Morgan fingerprint density at radius 3 is 3.06 bits per heavy atom. The normalized spacial score (nSPS) is 13.0. The summed E-state index contributed by atoms with van der Waals surface area (Å²) in [5.41, 5.74) is 1.92. The van der Waals surface area contributed by atoms with E-state index in [1.54, 1.807) is 23.7 Å². The van der Waals surface area contributed by atoms with E-state index in [0.717, 1.165) is 21.9 Å². The van der Waals surface area contributed by atoms with Crippen LogP contribution in [0.15, 0.2) is 30.0 Å². The lowest BCUT2D eigenvalue weighted by atomic mass is 10.3. The third-order valence-electron chi connectivity index (χ3n) is 2.88. The molecule has 3 aromatic rings. The predicted octanol–water partition coefficient (Wildman–Crippen LogP) is 3.24. The van der Waals surface area contributed by atoms with E-state index in [-0.39, 0.29) is 6.04 Å². The van der Waals surface area contributed by atoms with E-state index in [4.69, 9.17) is 11.6 Å². The van der Waals surface area contributed by atoms with Crippen LogP contribution in [0.4, 0.5) is 0 Å². The van der Waals surface area contributed by atoms with Gasteiger partial charge in [0.1, 0.15) is 16.3 Å². The van der Waals surface area contributed by atoms with Gasteiger partial charge in [-0.2, -0.15) is 0 Å². The minimum Gasteiger partial charge on any atom is -0.317 e. The van der Waals surface area contributed by atoms with Gasteiger partial charge in [0, 0.05) is 17.8 Å². The maximum Gasteiger partial charge on any atom is 0.125 e. The van der Waals surface area contributed by atoms with Crippen LogP contribution >= 0.6 is 22.9 Å². The molecule has 18 heavy (non-hydrogen) atoms. The molecule has 6 heteroatoms. The standard InChI is InChI=1S/C12H11ClN4S/c1-8(12-15-4-5-18-12)17-10-2-3-14-7-9(10)16-11(17)6-13/h2-5,7-8H,6H2,1H3. The van der Waals surface area contributed by atoms with Crippen LogP contribution in [0.1, 0.15) is 23.8 Å². The maximum absolute atomic E-state index is 5.99. The lowest BCUT2D eigenvalue weighted by Crippen LogP contribution is -2.09. The Labute approximate surface area is 113 Å². The quantitative estimate of drug-likeness (QED) is 0.691. The average Bonchev–Trinajstić information content (AvgIpc) is 3.04. The highest BCUT2D eigenvalue weighted by Crippen LogP contribution is 2.27. The molecule has 0 spiro atoms. The van der Waals surface area contributed by atoms with Gasteiger partial charge in [-0.3, -0.25) is 4.98 Å². The summed E-state index contributed by atoms with van der Waals surface area (Å²) in [6, 6.07) is 2.09. The highest BCUT2D eigenvalue weighted by molar-refractivity contribution is 7.09. The van der Waals surface area contributed by atoms with E-state index >= 15 is 0 Å². The molecule has 3 heterocycles. The number of thiazole rings is 1. The molecular formula is C12H11ClN4S. The molecule has 0 saturated carbocycles. The summed E-state index contributed by atoms with van der Waals surface area (Å²) in [7, 11) is 0. The van der Waals surface area contributed by atoms with Crippen molar-refractivity contribution in [3.63, 3.8) is 0 Å². The van der Waals surface area contributed by atoms with E-state index in [0.29, 0.717) is 5.88 Å². The molecule has 0 saturated heterocycles. The number of hydrogen-bond acceptors (Lipinski definition) is 4. The largest absolute Gasteiger partial charge is 0.317 e. The fraction of sp³-hybridized carbons (Fsp3) is 0.250. The average molecular weight is 279 g/mol. The molecule has 1 unspecified atom stereocenters. The molecule has 3 rings (SSSR count). The molecule has 0 fully saturated rings. The number of imidazole rings is 1. The summed E-state index contributed by atoms with van der Waals surface area (Å²) >= 11 is 7.63. The molecule has 92 valence electrons.